The first-order valence-corrected chi connectivity index (χ1v) is 34.7. The summed E-state index contributed by atoms with van der Waals surface area (Å²) in [4.78, 5) is 24.3. The highest BCUT2D eigenvalue weighted by Crippen LogP contribution is 2.54. The number of nitrogens with one attached hydrogen (secondary N) is 4. The van der Waals surface area contributed by atoms with Crippen molar-refractivity contribution in [1.82, 2.24) is 55.2 Å². The van der Waals surface area contributed by atoms with Gasteiger partial charge in [-0.25, -0.2) is 19.9 Å². The van der Waals surface area contributed by atoms with E-state index in [0.717, 1.165) is 103 Å². The van der Waals surface area contributed by atoms with E-state index in [1.54, 1.807) is 0 Å². The Morgan fingerprint density at radius 1 is 0.500 bits per heavy atom. The predicted octanol–water partition coefficient (Wildman–Crippen LogP) is 15.2. The van der Waals surface area contributed by atoms with Crippen LogP contribution in [0, 0.1) is 52.3 Å². The smallest absolute Gasteiger partial charge is 0.143 e. The van der Waals surface area contributed by atoms with Crippen molar-refractivity contribution in [2.45, 2.75) is 207 Å². The maximum atomic E-state index is 5.61. The Labute approximate surface area is 524 Å². The second-order valence-corrected chi connectivity index (χ2v) is 33.0. The normalized spacial score (nSPS) is 30.6. The molecule has 8 atom stereocenters. The van der Waals surface area contributed by atoms with Gasteiger partial charge < -0.3 is 10.6 Å². The lowest BCUT2D eigenvalue weighted by molar-refractivity contribution is -0.000295. The molecule has 88 heavy (non-hydrogen) atoms. The van der Waals surface area contributed by atoms with E-state index in [-0.39, 0.29) is 33.4 Å². The molecule has 6 fully saturated rings. The molecule has 464 valence electrons. The highest BCUT2D eigenvalue weighted by molar-refractivity contribution is 6.10. The van der Waals surface area contributed by atoms with Crippen LogP contribution < -0.4 is 21.3 Å². The van der Waals surface area contributed by atoms with Crippen molar-refractivity contribution in [2.75, 3.05) is 26.2 Å². The number of para-hydroxylation sites is 2. The molecule has 4 aromatic heterocycles. The van der Waals surface area contributed by atoms with Crippen LogP contribution in [0.15, 0.2) is 103 Å². The molecule has 13 heterocycles. The van der Waals surface area contributed by atoms with Crippen molar-refractivity contribution in [2.24, 2.45) is 52.3 Å². The van der Waals surface area contributed by atoms with E-state index in [1.165, 1.54) is 120 Å². The lowest BCUT2D eigenvalue weighted by Crippen LogP contribution is -2.66. The van der Waals surface area contributed by atoms with E-state index >= 15 is 0 Å². The van der Waals surface area contributed by atoms with Crippen LogP contribution in [-0.4, -0.2) is 84.7 Å². The molecule has 9 aliphatic heterocycles. The molecule has 3 aliphatic carbocycles. The van der Waals surface area contributed by atoms with Crippen molar-refractivity contribution < 1.29 is 0 Å². The molecule has 0 amide bonds. The van der Waals surface area contributed by atoms with Gasteiger partial charge in [-0.1, -0.05) is 156 Å². The standard InChI is InChI=1S/C77H101N11/c1-73(2,3)70-80-40-53(41-81-70)76(9,10)46-77(11)39-48-27-30-58-55-21-12-15-24-61(55)87(65(58)34-48)68-37-67(84-71(85-68)74(4,5)6)86-62-25-16-14-23-57(62)60-33-47(28-32-64(60)86)38-75(7,8)52-42-82-72(83-43-52)88-63-26-17-13-22-56(63)59-31-29-50(36-66(59)88)49-19-18-20-51(35-49)69-78-44-54(77)45-79-69/h12,14-16,21,23-25,27-28,30,32-34,37,40-41,49-52,54,56,59,63,66,69,72,78-79,82-83H,13,17-20,22,26,29,31,35-36,38-39,42-46H2,1-11H3. The summed E-state index contributed by atoms with van der Waals surface area (Å²) < 4.78 is 4.87. The lowest BCUT2D eigenvalue weighted by Gasteiger charge is -2.49. The molecule has 4 aromatic carbocycles. The third kappa shape index (κ3) is 10.4. The third-order valence-corrected chi connectivity index (χ3v) is 24.1. The van der Waals surface area contributed by atoms with Gasteiger partial charge in [0.05, 0.1) is 28.2 Å². The van der Waals surface area contributed by atoms with E-state index in [4.69, 9.17) is 19.9 Å². The van der Waals surface area contributed by atoms with Crippen LogP contribution in [0.1, 0.15) is 182 Å². The molecule has 11 heteroatoms. The monoisotopic (exact) mass is 1180 g/mol. The summed E-state index contributed by atoms with van der Waals surface area (Å²) in [5.41, 5.74) is 7.96. The molecule has 3 saturated carbocycles. The summed E-state index contributed by atoms with van der Waals surface area (Å²) in [6.07, 6.45) is 23.1. The summed E-state index contributed by atoms with van der Waals surface area (Å²) in [5, 5.41) is 22.1. The number of rotatable bonds is 3. The SMILES string of the molecule is CC(C)(C)c1ncc(C(C)(C)CC2(C)Cc3ccc4c5ccccc5n(c4c3)-c3cc(nc(C(C)(C)C)n3)-n3c4ccccc4c4cc(ccc43)CC(C)(C)C3CNC(NC3)N3C4CCCCC4C4CCC(CC43)C3CCCC(C3)C3NCC2CN3)cn1. The van der Waals surface area contributed by atoms with Gasteiger partial charge in [-0.2, -0.15) is 0 Å². The summed E-state index contributed by atoms with van der Waals surface area (Å²) >= 11 is 0. The van der Waals surface area contributed by atoms with Crippen LogP contribution in [0.4, 0.5) is 0 Å². The minimum absolute atomic E-state index is 0.0722. The van der Waals surface area contributed by atoms with Crippen LogP contribution in [0.3, 0.4) is 0 Å². The Hall–Kier alpha value is -5.56. The number of hydrogen-bond acceptors (Lipinski definition) is 9. The maximum Gasteiger partial charge on any atom is 0.143 e. The van der Waals surface area contributed by atoms with Gasteiger partial charge in [0.2, 0.25) is 0 Å². The second kappa shape index (κ2) is 22.1. The van der Waals surface area contributed by atoms with Gasteiger partial charge in [-0.3, -0.25) is 24.7 Å². The minimum Gasteiger partial charge on any atom is -0.301 e. The van der Waals surface area contributed by atoms with Crippen molar-refractivity contribution in [1.29, 1.82) is 0 Å². The fourth-order valence-electron chi connectivity index (χ4n) is 19.4. The van der Waals surface area contributed by atoms with Crippen LogP contribution in [0.25, 0.3) is 55.2 Å². The van der Waals surface area contributed by atoms with Gasteiger partial charge in [-0.05, 0) is 169 Å². The largest absolute Gasteiger partial charge is 0.301 e. The number of hydrogen-bond donors (Lipinski definition) is 4. The average molecular weight is 1180 g/mol. The summed E-state index contributed by atoms with van der Waals surface area (Å²) in [5.74, 6) is 8.36. The van der Waals surface area contributed by atoms with Gasteiger partial charge in [0.25, 0.3) is 0 Å². The van der Waals surface area contributed by atoms with Crippen LogP contribution >= 0.6 is 0 Å². The van der Waals surface area contributed by atoms with E-state index in [2.05, 4.69) is 215 Å². The molecule has 0 radical (unpaired) electrons. The highest BCUT2D eigenvalue weighted by Gasteiger charge is 2.55. The van der Waals surface area contributed by atoms with Crippen LogP contribution in [0.2, 0.25) is 0 Å². The lowest BCUT2D eigenvalue weighted by atomic mass is 9.62. The number of benzene rings is 4. The van der Waals surface area contributed by atoms with Crippen LogP contribution in [-0.2, 0) is 29.1 Å². The predicted molar refractivity (Wildman–Crippen MR) is 361 cm³/mol. The Morgan fingerprint density at radius 3 is 1.78 bits per heavy atom. The zero-order valence-corrected chi connectivity index (χ0v) is 55.0. The highest BCUT2D eigenvalue weighted by atomic mass is 15.4. The van der Waals surface area contributed by atoms with Gasteiger partial charge in [0, 0.05) is 89.1 Å². The summed E-state index contributed by atoms with van der Waals surface area (Å²) in [6, 6.07) is 36.3. The molecule has 16 bridgehead atoms. The van der Waals surface area contributed by atoms with Gasteiger partial charge in [0.1, 0.15) is 29.6 Å². The number of fused-ring (bicyclic) bond motifs is 5. The second-order valence-electron chi connectivity index (χ2n) is 33.0. The molecule has 11 nitrogen and oxygen atoms in total. The quantitative estimate of drug-likeness (QED) is 0.137. The van der Waals surface area contributed by atoms with Gasteiger partial charge in [0.15, 0.2) is 0 Å². The van der Waals surface area contributed by atoms with E-state index in [9.17, 15) is 0 Å². The van der Waals surface area contributed by atoms with E-state index in [1.807, 2.05) is 0 Å². The number of nitrogens with zero attached hydrogens (tertiary/aromatic N) is 7. The van der Waals surface area contributed by atoms with Gasteiger partial charge >= 0.3 is 0 Å². The molecular formula is C77H101N11. The van der Waals surface area contributed by atoms with E-state index in [0.29, 0.717) is 36.0 Å². The first-order valence-electron chi connectivity index (χ1n) is 34.7. The maximum absolute atomic E-state index is 5.61. The molecule has 8 aromatic rings. The van der Waals surface area contributed by atoms with E-state index < -0.39 is 0 Å². The fourth-order valence-corrected chi connectivity index (χ4v) is 19.4. The molecule has 4 N–H and O–H groups in total. The summed E-state index contributed by atoms with van der Waals surface area (Å²) in [6.45, 7) is 30.0. The first kappa shape index (κ1) is 58.8. The van der Waals surface area contributed by atoms with Crippen molar-refractivity contribution in [3.05, 3.63) is 132 Å². The minimum atomic E-state index is -0.328. The molecule has 12 aliphatic rings. The zero-order chi connectivity index (χ0) is 60.6. The first-order chi connectivity index (χ1) is 42.2. The molecular weight excluding hydrogens is 1080 g/mol. The Bertz CT molecular complexity index is 3880. The molecule has 3 saturated heterocycles. The fraction of sp³-hybridized carbons (Fsp3) is 0.584. The summed E-state index contributed by atoms with van der Waals surface area (Å²) in [7, 11) is 0. The Morgan fingerprint density at radius 2 is 1.08 bits per heavy atom. The Balaban J connectivity index is 0.852. The molecule has 20 rings (SSSR count). The van der Waals surface area contributed by atoms with Gasteiger partial charge in [-0.15, -0.1) is 0 Å². The zero-order valence-electron chi connectivity index (χ0n) is 55.0. The molecule has 8 unspecified atom stereocenters. The van der Waals surface area contributed by atoms with Crippen molar-refractivity contribution in [3.63, 3.8) is 0 Å². The average Bonchev–Trinajstić information content (AvgIpc) is 1.74. The molecule has 0 spiro atoms. The van der Waals surface area contributed by atoms with Crippen molar-refractivity contribution >= 4 is 43.6 Å². The van der Waals surface area contributed by atoms with Crippen LogP contribution in [0.5, 0.6) is 0 Å². The van der Waals surface area contributed by atoms with Crippen molar-refractivity contribution in [3.8, 4) is 11.6 Å². The third-order valence-electron chi connectivity index (χ3n) is 24.1. The topological polar surface area (TPSA) is 113 Å². The number of aromatic nitrogens is 6. The Kier molecular flexibility index (Phi) is 14.8.